The standard InChI is InChI=1S/C25H26N2O4/c26-15-24(28)27(17-25(29)31-19-21-11-5-2-6-12-21)16-22-13-7-8-14-23(22)30-18-20-9-3-1-4-10-20/h1-14H,15-19,26H2. The molecule has 0 heterocycles. The van der Waals surface area contributed by atoms with Crippen molar-refractivity contribution in [3.05, 3.63) is 102 Å². The first-order valence-electron chi connectivity index (χ1n) is 10.1. The van der Waals surface area contributed by atoms with Gasteiger partial charge in [0.2, 0.25) is 5.91 Å². The Bertz CT molecular complexity index is 977. The summed E-state index contributed by atoms with van der Waals surface area (Å²) in [6, 6.07) is 26.6. The van der Waals surface area contributed by atoms with E-state index >= 15 is 0 Å². The molecular formula is C25H26N2O4. The molecule has 3 rings (SSSR count). The number of nitrogens with zero attached hydrogens (tertiary/aromatic N) is 1. The van der Waals surface area contributed by atoms with Gasteiger partial charge < -0.3 is 20.1 Å². The first-order valence-corrected chi connectivity index (χ1v) is 10.1. The second kappa shape index (κ2) is 11.5. The number of hydrogen-bond donors (Lipinski definition) is 1. The Labute approximate surface area is 182 Å². The van der Waals surface area contributed by atoms with Crippen LogP contribution in [0.2, 0.25) is 0 Å². The van der Waals surface area contributed by atoms with Crippen LogP contribution in [0, 0.1) is 0 Å². The zero-order valence-corrected chi connectivity index (χ0v) is 17.3. The molecule has 0 fully saturated rings. The van der Waals surface area contributed by atoms with Crippen LogP contribution in [0.4, 0.5) is 0 Å². The van der Waals surface area contributed by atoms with Gasteiger partial charge in [0.15, 0.2) is 0 Å². The zero-order chi connectivity index (χ0) is 21.9. The normalized spacial score (nSPS) is 10.4. The lowest BCUT2D eigenvalue weighted by atomic mass is 10.1. The van der Waals surface area contributed by atoms with Crippen molar-refractivity contribution in [2.75, 3.05) is 13.1 Å². The van der Waals surface area contributed by atoms with E-state index in [1.54, 1.807) is 0 Å². The van der Waals surface area contributed by atoms with Crippen molar-refractivity contribution in [1.29, 1.82) is 0 Å². The zero-order valence-electron chi connectivity index (χ0n) is 17.3. The van der Waals surface area contributed by atoms with Crippen LogP contribution in [-0.2, 0) is 34.1 Å². The highest BCUT2D eigenvalue weighted by Gasteiger charge is 2.19. The minimum atomic E-state index is -0.492. The van der Waals surface area contributed by atoms with Crippen molar-refractivity contribution >= 4 is 11.9 Å². The average molecular weight is 418 g/mol. The van der Waals surface area contributed by atoms with Crippen LogP contribution in [0.5, 0.6) is 5.75 Å². The van der Waals surface area contributed by atoms with Gasteiger partial charge in [-0.2, -0.15) is 0 Å². The molecular weight excluding hydrogens is 392 g/mol. The minimum absolute atomic E-state index is 0.154. The number of carbonyl (C=O) groups is 2. The van der Waals surface area contributed by atoms with Crippen molar-refractivity contribution in [2.24, 2.45) is 5.73 Å². The maximum atomic E-state index is 12.4. The maximum Gasteiger partial charge on any atom is 0.325 e. The molecule has 0 saturated carbocycles. The van der Waals surface area contributed by atoms with Crippen molar-refractivity contribution in [2.45, 2.75) is 19.8 Å². The van der Waals surface area contributed by atoms with Crippen LogP contribution in [0.25, 0.3) is 0 Å². The number of nitrogens with two attached hydrogens (primary N) is 1. The number of benzene rings is 3. The SMILES string of the molecule is NCC(=O)N(CC(=O)OCc1ccccc1)Cc1ccccc1OCc1ccccc1. The number of rotatable bonds is 10. The number of para-hydroxylation sites is 1. The minimum Gasteiger partial charge on any atom is -0.489 e. The Balaban J connectivity index is 1.63. The molecule has 1 amide bonds. The summed E-state index contributed by atoms with van der Waals surface area (Å²) < 4.78 is 11.3. The van der Waals surface area contributed by atoms with Gasteiger partial charge in [-0.3, -0.25) is 9.59 Å². The second-order valence-corrected chi connectivity index (χ2v) is 6.98. The molecule has 0 aliphatic rings. The lowest BCUT2D eigenvalue weighted by Crippen LogP contribution is -2.39. The van der Waals surface area contributed by atoms with E-state index in [2.05, 4.69) is 0 Å². The van der Waals surface area contributed by atoms with Crippen molar-refractivity contribution in [3.63, 3.8) is 0 Å². The van der Waals surface area contributed by atoms with Crippen molar-refractivity contribution in [3.8, 4) is 5.75 Å². The third-order valence-electron chi connectivity index (χ3n) is 4.66. The van der Waals surface area contributed by atoms with Crippen LogP contribution in [0.1, 0.15) is 16.7 Å². The van der Waals surface area contributed by atoms with Crippen LogP contribution >= 0.6 is 0 Å². The number of esters is 1. The average Bonchev–Trinajstić information content (AvgIpc) is 2.82. The molecule has 0 atom stereocenters. The molecule has 0 bridgehead atoms. The Morgan fingerprint density at radius 2 is 1.35 bits per heavy atom. The van der Waals surface area contributed by atoms with E-state index < -0.39 is 5.97 Å². The fourth-order valence-corrected chi connectivity index (χ4v) is 3.02. The van der Waals surface area contributed by atoms with Gasteiger partial charge in [-0.05, 0) is 17.2 Å². The topological polar surface area (TPSA) is 81.9 Å². The van der Waals surface area contributed by atoms with Gasteiger partial charge in [0.25, 0.3) is 0 Å². The van der Waals surface area contributed by atoms with Crippen molar-refractivity contribution < 1.29 is 19.1 Å². The quantitative estimate of drug-likeness (QED) is 0.511. The highest BCUT2D eigenvalue weighted by Crippen LogP contribution is 2.21. The van der Waals surface area contributed by atoms with Gasteiger partial charge in [-0.1, -0.05) is 78.9 Å². The van der Waals surface area contributed by atoms with Gasteiger partial charge in [-0.15, -0.1) is 0 Å². The summed E-state index contributed by atoms with van der Waals surface area (Å²) in [6.45, 7) is 0.374. The third kappa shape index (κ3) is 6.97. The van der Waals surface area contributed by atoms with Gasteiger partial charge in [0.1, 0.15) is 25.5 Å². The van der Waals surface area contributed by atoms with E-state index in [-0.39, 0.29) is 32.1 Å². The van der Waals surface area contributed by atoms with E-state index in [9.17, 15) is 9.59 Å². The Morgan fingerprint density at radius 1 is 0.774 bits per heavy atom. The summed E-state index contributed by atoms with van der Waals surface area (Å²) in [4.78, 5) is 26.1. The Morgan fingerprint density at radius 3 is 2.00 bits per heavy atom. The van der Waals surface area contributed by atoms with E-state index in [1.807, 2.05) is 84.9 Å². The number of ether oxygens (including phenoxy) is 2. The lowest BCUT2D eigenvalue weighted by molar-refractivity contribution is -0.150. The van der Waals surface area contributed by atoms with Gasteiger partial charge >= 0.3 is 5.97 Å². The molecule has 0 aromatic heterocycles. The van der Waals surface area contributed by atoms with E-state index in [4.69, 9.17) is 15.2 Å². The predicted octanol–water partition coefficient (Wildman–Crippen LogP) is 3.30. The first-order chi connectivity index (χ1) is 15.2. The summed E-state index contributed by atoms with van der Waals surface area (Å²) in [5.41, 5.74) is 8.27. The maximum absolute atomic E-state index is 12.4. The fraction of sp³-hybridized carbons (Fsp3) is 0.200. The van der Waals surface area contributed by atoms with E-state index in [0.29, 0.717) is 12.4 Å². The highest BCUT2D eigenvalue weighted by atomic mass is 16.5. The molecule has 2 N–H and O–H groups in total. The second-order valence-electron chi connectivity index (χ2n) is 6.98. The van der Waals surface area contributed by atoms with Crippen LogP contribution in [0.15, 0.2) is 84.9 Å². The highest BCUT2D eigenvalue weighted by molar-refractivity contribution is 5.83. The molecule has 0 aliphatic heterocycles. The molecule has 6 heteroatoms. The Kier molecular flexibility index (Phi) is 8.20. The molecule has 0 unspecified atom stereocenters. The summed E-state index contributed by atoms with van der Waals surface area (Å²) in [5, 5.41) is 0. The fourth-order valence-electron chi connectivity index (χ4n) is 3.02. The number of amides is 1. The van der Waals surface area contributed by atoms with Crippen LogP contribution < -0.4 is 10.5 Å². The molecule has 3 aromatic carbocycles. The first kappa shape index (κ1) is 22.1. The van der Waals surface area contributed by atoms with E-state index in [1.165, 1.54) is 4.90 Å². The number of hydrogen-bond acceptors (Lipinski definition) is 5. The molecule has 6 nitrogen and oxygen atoms in total. The van der Waals surface area contributed by atoms with Gasteiger partial charge in [-0.25, -0.2) is 0 Å². The smallest absolute Gasteiger partial charge is 0.325 e. The summed E-state index contributed by atoms with van der Waals surface area (Å²) in [6.07, 6.45) is 0. The summed E-state index contributed by atoms with van der Waals surface area (Å²) >= 11 is 0. The van der Waals surface area contributed by atoms with Crippen molar-refractivity contribution in [1.82, 2.24) is 4.90 Å². The summed E-state index contributed by atoms with van der Waals surface area (Å²) in [5.74, 6) is -0.179. The van der Waals surface area contributed by atoms with Gasteiger partial charge in [0.05, 0.1) is 6.54 Å². The largest absolute Gasteiger partial charge is 0.489 e. The predicted molar refractivity (Wildman–Crippen MR) is 118 cm³/mol. The number of carbonyl (C=O) groups excluding carboxylic acids is 2. The molecule has 0 radical (unpaired) electrons. The van der Waals surface area contributed by atoms with Crippen LogP contribution in [0.3, 0.4) is 0 Å². The van der Waals surface area contributed by atoms with E-state index in [0.717, 1.165) is 16.7 Å². The molecule has 160 valence electrons. The Hall–Kier alpha value is -3.64. The monoisotopic (exact) mass is 418 g/mol. The lowest BCUT2D eigenvalue weighted by Gasteiger charge is -2.22. The molecule has 0 saturated heterocycles. The third-order valence-corrected chi connectivity index (χ3v) is 4.66. The summed E-state index contributed by atoms with van der Waals surface area (Å²) in [7, 11) is 0. The molecule has 31 heavy (non-hydrogen) atoms. The van der Waals surface area contributed by atoms with Crippen LogP contribution in [-0.4, -0.2) is 29.9 Å². The van der Waals surface area contributed by atoms with Gasteiger partial charge in [0, 0.05) is 12.1 Å². The molecule has 3 aromatic rings. The molecule has 0 spiro atoms. The molecule has 0 aliphatic carbocycles.